The number of nitrogens with zero attached hydrogens (tertiary/aromatic N) is 3. The second-order valence-corrected chi connectivity index (χ2v) is 7.23. The van der Waals surface area contributed by atoms with Gasteiger partial charge in [-0.15, -0.1) is 0 Å². The van der Waals surface area contributed by atoms with Crippen LogP contribution in [0.1, 0.15) is 16.8 Å². The molecule has 2 aromatic carbocycles. The summed E-state index contributed by atoms with van der Waals surface area (Å²) in [6, 6.07) is 13.9. The number of rotatable bonds is 3. The van der Waals surface area contributed by atoms with Crippen molar-refractivity contribution in [3.8, 4) is 11.3 Å². The Labute approximate surface area is 166 Å². The number of urea groups is 1. The van der Waals surface area contributed by atoms with Crippen molar-refractivity contribution < 1.29 is 9.18 Å². The Morgan fingerprint density at radius 3 is 2.76 bits per heavy atom. The van der Waals surface area contributed by atoms with Gasteiger partial charge in [-0.2, -0.15) is 5.10 Å². The van der Waals surface area contributed by atoms with Crippen molar-refractivity contribution in [3.63, 3.8) is 0 Å². The molecule has 1 aliphatic rings. The summed E-state index contributed by atoms with van der Waals surface area (Å²) in [4.78, 5) is 18.5. The molecular formula is C22H18FN5O. The molecule has 0 saturated heterocycles. The van der Waals surface area contributed by atoms with E-state index < -0.39 is 0 Å². The fourth-order valence-corrected chi connectivity index (χ4v) is 3.68. The van der Waals surface area contributed by atoms with E-state index in [1.54, 1.807) is 23.2 Å². The van der Waals surface area contributed by atoms with Gasteiger partial charge in [0.25, 0.3) is 0 Å². The van der Waals surface area contributed by atoms with Crippen molar-refractivity contribution in [2.75, 3.05) is 5.32 Å². The maximum Gasteiger partial charge on any atom is 0.322 e. The van der Waals surface area contributed by atoms with E-state index in [4.69, 9.17) is 0 Å². The quantitative estimate of drug-likeness (QED) is 0.539. The minimum Gasteiger partial charge on any atom is -0.316 e. The van der Waals surface area contributed by atoms with Gasteiger partial charge in [0.1, 0.15) is 11.5 Å². The number of carbonyl (C=O) groups excluding carboxylic acids is 1. The summed E-state index contributed by atoms with van der Waals surface area (Å²) < 4.78 is 13.2. The molecule has 2 amide bonds. The molecule has 0 radical (unpaired) electrons. The van der Waals surface area contributed by atoms with E-state index in [1.165, 1.54) is 12.1 Å². The van der Waals surface area contributed by atoms with E-state index >= 15 is 0 Å². The monoisotopic (exact) mass is 387 g/mol. The number of fused-ring (bicyclic) bond motifs is 2. The smallest absolute Gasteiger partial charge is 0.316 e. The van der Waals surface area contributed by atoms with E-state index in [9.17, 15) is 9.18 Å². The van der Waals surface area contributed by atoms with Gasteiger partial charge in [-0.05, 0) is 54.4 Å². The number of H-pyrrole nitrogens is 1. The average Bonchev–Trinajstić information content (AvgIpc) is 3.11. The molecule has 2 aromatic heterocycles. The van der Waals surface area contributed by atoms with Crippen LogP contribution in [0.3, 0.4) is 0 Å². The van der Waals surface area contributed by atoms with Gasteiger partial charge in [0.15, 0.2) is 0 Å². The van der Waals surface area contributed by atoms with Crippen molar-refractivity contribution in [1.82, 2.24) is 20.1 Å². The maximum atomic E-state index is 13.2. The number of anilines is 1. The molecule has 0 spiro atoms. The van der Waals surface area contributed by atoms with Crippen molar-refractivity contribution in [2.45, 2.75) is 20.0 Å². The van der Waals surface area contributed by atoms with Crippen molar-refractivity contribution in [1.29, 1.82) is 0 Å². The molecule has 29 heavy (non-hydrogen) atoms. The first-order chi connectivity index (χ1) is 14.1. The SMILES string of the molecule is Cc1cc(-c2n[nH]c3cc4c(cc23)CN(Cc2ccc(F)cc2)C(=O)N4)ccn1. The highest BCUT2D eigenvalue weighted by molar-refractivity contribution is 6.00. The van der Waals surface area contributed by atoms with Crippen LogP contribution in [0.5, 0.6) is 0 Å². The summed E-state index contributed by atoms with van der Waals surface area (Å²) in [5.74, 6) is -0.289. The van der Waals surface area contributed by atoms with Gasteiger partial charge >= 0.3 is 6.03 Å². The third kappa shape index (κ3) is 3.20. The molecule has 0 fully saturated rings. The second kappa shape index (κ2) is 6.70. The van der Waals surface area contributed by atoms with E-state index in [-0.39, 0.29) is 11.8 Å². The number of halogens is 1. The lowest BCUT2D eigenvalue weighted by Gasteiger charge is -2.29. The van der Waals surface area contributed by atoms with Gasteiger partial charge in [0.05, 0.1) is 5.52 Å². The van der Waals surface area contributed by atoms with Crippen LogP contribution in [0.2, 0.25) is 0 Å². The first-order valence-electron chi connectivity index (χ1n) is 9.31. The zero-order valence-corrected chi connectivity index (χ0v) is 15.7. The zero-order chi connectivity index (χ0) is 20.0. The molecule has 0 atom stereocenters. The number of pyridine rings is 1. The first kappa shape index (κ1) is 17.4. The number of nitrogens with one attached hydrogen (secondary N) is 2. The van der Waals surface area contributed by atoms with Gasteiger partial charge in [-0.1, -0.05) is 12.1 Å². The van der Waals surface area contributed by atoms with Gasteiger partial charge in [-0.25, -0.2) is 9.18 Å². The number of aromatic nitrogens is 3. The topological polar surface area (TPSA) is 73.9 Å². The summed E-state index contributed by atoms with van der Waals surface area (Å²) in [6.07, 6.45) is 1.77. The van der Waals surface area contributed by atoms with Crippen molar-refractivity contribution in [3.05, 3.63) is 77.4 Å². The lowest BCUT2D eigenvalue weighted by molar-refractivity contribution is 0.204. The number of aromatic amines is 1. The second-order valence-electron chi connectivity index (χ2n) is 7.23. The first-order valence-corrected chi connectivity index (χ1v) is 9.31. The summed E-state index contributed by atoms with van der Waals surface area (Å²) in [7, 11) is 0. The molecule has 2 N–H and O–H groups in total. The van der Waals surface area contributed by atoms with Crippen LogP contribution in [-0.4, -0.2) is 26.1 Å². The number of benzene rings is 2. The molecule has 5 rings (SSSR count). The third-order valence-corrected chi connectivity index (χ3v) is 5.13. The molecule has 0 aliphatic carbocycles. The highest BCUT2D eigenvalue weighted by Crippen LogP contribution is 2.33. The predicted octanol–water partition coefficient (Wildman–Crippen LogP) is 4.62. The number of amides is 2. The Hall–Kier alpha value is -3.74. The Morgan fingerprint density at radius 2 is 1.97 bits per heavy atom. The Bertz CT molecular complexity index is 1230. The Balaban J connectivity index is 1.50. The summed E-state index contributed by atoms with van der Waals surface area (Å²) in [5, 5.41) is 11.5. The van der Waals surface area contributed by atoms with Gasteiger partial charge in [0.2, 0.25) is 0 Å². The maximum absolute atomic E-state index is 13.2. The molecule has 0 saturated carbocycles. The molecule has 4 aromatic rings. The van der Waals surface area contributed by atoms with E-state index in [0.29, 0.717) is 13.1 Å². The van der Waals surface area contributed by atoms with Crippen LogP contribution in [0.25, 0.3) is 22.2 Å². The lowest BCUT2D eigenvalue weighted by atomic mass is 10.0. The average molecular weight is 387 g/mol. The number of hydrogen-bond acceptors (Lipinski definition) is 3. The largest absolute Gasteiger partial charge is 0.322 e. The van der Waals surface area contributed by atoms with Crippen LogP contribution in [0, 0.1) is 12.7 Å². The van der Waals surface area contributed by atoms with Gasteiger partial charge < -0.3 is 10.2 Å². The molecule has 0 bridgehead atoms. The van der Waals surface area contributed by atoms with Crippen LogP contribution in [0.4, 0.5) is 14.9 Å². The lowest BCUT2D eigenvalue weighted by Crippen LogP contribution is -2.38. The molecule has 0 unspecified atom stereocenters. The highest BCUT2D eigenvalue weighted by atomic mass is 19.1. The molecule has 144 valence electrons. The standard InChI is InChI=1S/C22H18FN5O/c1-13-8-15(6-7-24-13)21-18-9-16-12-28(11-14-2-4-17(23)5-3-14)22(29)25-19(16)10-20(18)26-27-21/h2-10H,11-12H2,1H3,(H,25,29)(H,26,27). The number of aryl methyl sites for hydroxylation is 1. The molecule has 7 heteroatoms. The predicted molar refractivity (Wildman–Crippen MR) is 109 cm³/mol. The Morgan fingerprint density at radius 1 is 1.14 bits per heavy atom. The fraction of sp³-hybridized carbons (Fsp3) is 0.136. The van der Waals surface area contributed by atoms with Crippen LogP contribution in [0.15, 0.2) is 54.7 Å². The normalized spacial score (nSPS) is 13.4. The number of hydrogen-bond donors (Lipinski definition) is 2. The molecule has 6 nitrogen and oxygen atoms in total. The van der Waals surface area contributed by atoms with Crippen LogP contribution in [-0.2, 0) is 13.1 Å². The van der Waals surface area contributed by atoms with E-state index in [0.717, 1.165) is 44.7 Å². The van der Waals surface area contributed by atoms with Crippen LogP contribution >= 0.6 is 0 Å². The molecule has 1 aliphatic heterocycles. The van der Waals surface area contributed by atoms with E-state index in [2.05, 4.69) is 26.6 Å². The molecular weight excluding hydrogens is 369 g/mol. The minimum atomic E-state index is -0.289. The summed E-state index contributed by atoms with van der Waals surface area (Å²) in [5.41, 5.74) is 6.30. The van der Waals surface area contributed by atoms with Gasteiger partial charge in [-0.3, -0.25) is 10.1 Å². The minimum absolute atomic E-state index is 0.175. The highest BCUT2D eigenvalue weighted by Gasteiger charge is 2.24. The third-order valence-electron chi connectivity index (χ3n) is 5.13. The summed E-state index contributed by atoms with van der Waals surface area (Å²) >= 11 is 0. The molecule has 3 heterocycles. The Kier molecular flexibility index (Phi) is 4.01. The van der Waals surface area contributed by atoms with Crippen LogP contribution < -0.4 is 5.32 Å². The number of carbonyl (C=O) groups is 1. The fourth-order valence-electron chi connectivity index (χ4n) is 3.68. The van der Waals surface area contributed by atoms with Gasteiger partial charge in [0, 0.05) is 41.6 Å². The van der Waals surface area contributed by atoms with E-state index in [1.807, 2.05) is 25.1 Å². The van der Waals surface area contributed by atoms with Crippen molar-refractivity contribution >= 4 is 22.6 Å². The summed E-state index contributed by atoms with van der Waals surface area (Å²) in [6.45, 7) is 2.82. The zero-order valence-electron chi connectivity index (χ0n) is 15.7. The van der Waals surface area contributed by atoms with Crippen molar-refractivity contribution in [2.24, 2.45) is 0 Å².